The van der Waals surface area contributed by atoms with Gasteiger partial charge < -0.3 is 9.97 Å². The number of alkyl halides is 3. The lowest BCUT2D eigenvalue weighted by Gasteiger charge is -2.27. The Balaban J connectivity index is 1.38. The highest BCUT2D eigenvalue weighted by atomic mass is 19.4. The van der Waals surface area contributed by atoms with Crippen LogP contribution >= 0.6 is 0 Å². The van der Waals surface area contributed by atoms with E-state index in [0.717, 1.165) is 29.6 Å². The minimum Gasteiger partial charge on any atom is -0.361 e. The molecule has 2 N–H and O–H groups in total. The summed E-state index contributed by atoms with van der Waals surface area (Å²) in [5.74, 6) is 0.294. The van der Waals surface area contributed by atoms with Gasteiger partial charge in [0, 0.05) is 48.7 Å². The van der Waals surface area contributed by atoms with E-state index in [0.29, 0.717) is 42.2 Å². The quantitative estimate of drug-likeness (QED) is 0.509. The van der Waals surface area contributed by atoms with E-state index in [1.165, 1.54) is 17.7 Å². The van der Waals surface area contributed by atoms with Crippen LogP contribution in [-0.4, -0.2) is 26.4 Å². The van der Waals surface area contributed by atoms with E-state index in [9.17, 15) is 18.0 Å². The average Bonchev–Trinajstić information content (AvgIpc) is 3.16. The molecule has 0 radical (unpaired) electrons. The molecule has 158 valence electrons. The molecule has 0 saturated heterocycles. The molecule has 3 heterocycles. The molecule has 0 spiro atoms. The van der Waals surface area contributed by atoms with Crippen LogP contribution in [0, 0.1) is 0 Å². The fourth-order valence-electron chi connectivity index (χ4n) is 4.07. The fourth-order valence-corrected chi connectivity index (χ4v) is 4.07. The molecule has 2 aromatic heterocycles. The van der Waals surface area contributed by atoms with Gasteiger partial charge in [-0.3, -0.25) is 9.69 Å². The van der Waals surface area contributed by atoms with Crippen molar-refractivity contribution in [2.24, 2.45) is 0 Å². The smallest absolute Gasteiger partial charge is 0.361 e. The lowest BCUT2D eigenvalue weighted by Crippen LogP contribution is -2.35. The topological polar surface area (TPSA) is 64.8 Å². The summed E-state index contributed by atoms with van der Waals surface area (Å²) in [6.45, 7) is 1.93. The van der Waals surface area contributed by atoms with Gasteiger partial charge in [0.05, 0.1) is 16.8 Å². The molecule has 5 nitrogen and oxygen atoms in total. The fraction of sp³-hybridized carbons (Fsp3) is 0.217. The minimum absolute atomic E-state index is 0.247. The molecule has 0 amide bonds. The third-order valence-corrected chi connectivity index (χ3v) is 5.70. The molecule has 0 bridgehead atoms. The highest BCUT2D eigenvalue weighted by molar-refractivity contribution is 5.82. The summed E-state index contributed by atoms with van der Waals surface area (Å²) in [6, 6.07) is 12.8. The Hall–Kier alpha value is -3.39. The van der Waals surface area contributed by atoms with Gasteiger partial charge in [0.15, 0.2) is 0 Å². The maximum Gasteiger partial charge on any atom is 0.416 e. The zero-order valence-corrected chi connectivity index (χ0v) is 16.5. The van der Waals surface area contributed by atoms with Crippen LogP contribution in [0.5, 0.6) is 0 Å². The molecule has 5 rings (SSSR count). The van der Waals surface area contributed by atoms with Crippen LogP contribution in [0.2, 0.25) is 0 Å². The molecule has 4 aromatic rings. The van der Waals surface area contributed by atoms with Crippen molar-refractivity contribution in [1.29, 1.82) is 0 Å². The van der Waals surface area contributed by atoms with Crippen molar-refractivity contribution in [3.8, 4) is 11.4 Å². The molecule has 0 atom stereocenters. The Kier molecular flexibility index (Phi) is 4.66. The van der Waals surface area contributed by atoms with E-state index >= 15 is 0 Å². The van der Waals surface area contributed by atoms with Gasteiger partial charge in [-0.05, 0) is 23.8 Å². The normalized spacial score (nSPS) is 14.7. The lowest BCUT2D eigenvalue weighted by molar-refractivity contribution is -0.137. The minimum atomic E-state index is -4.40. The van der Waals surface area contributed by atoms with Crippen LogP contribution in [0.3, 0.4) is 0 Å². The first-order valence-electron chi connectivity index (χ1n) is 9.95. The van der Waals surface area contributed by atoms with Crippen molar-refractivity contribution >= 4 is 10.9 Å². The predicted octanol–water partition coefficient (Wildman–Crippen LogP) is 4.50. The molecule has 0 fully saturated rings. The van der Waals surface area contributed by atoms with E-state index in [2.05, 4.69) is 25.9 Å². The monoisotopic (exact) mass is 424 g/mol. The van der Waals surface area contributed by atoms with Gasteiger partial charge in [-0.25, -0.2) is 4.98 Å². The summed E-state index contributed by atoms with van der Waals surface area (Å²) in [5.41, 5.74) is 3.04. The molecule has 1 aliphatic heterocycles. The SMILES string of the molecule is O=c1[nH]c(-c2ccc(C(F)(F)F)cc2)nc2c1CN(Cc1c[nH]c3ccccc13)CC2. The van der Waals surface area contributed by atoms with Crippen molar-refractivity contribution in [3.63, 3.8) is 0 Å². The number of aromatic amines is 2. The Bertz CT molecular complexity index is 1310. The van der Waals surface area contributed by atoms with Crippen LogP contribution in [0.4, 0.5) is 13.2 Å². The Morgan fingerprint density at radius 3 is 2.61 bits per heavy atom. The number of halogens is 3. The standard InChI is InChI=1S/C23H19F3N4O/c24-23(25,26)16-7-5-14(6-8-16)21-28-20-9-10-30(13-18(20)22(31)29-21)12-15-11-27-19-4-2-1-3-17(15)19/h1-8,11,27H,9-10,12-13H2,(H,28,29,31). The maximum absolute atomic E-state index is 12.8. The van der Waals surface area contributed by atoms with Gasteiger partial charge in [0.2, 0.25) is 0 Å². The van der Waals surface area contributed by atoms with Crippen LogP contribution < -0.4 is 5.56 Å². The number of aromatic nitrogens is 3. The first-order chi connectivity index (χ1) is 14.9. The summed E-state index contributed by atoms with van der Waals surface area (Å²) in [7, 11) is 0. The first kappa shape index (κ1) is 19.6. The van der Waals surface area contributed by atoms with Crippen molar-refractivity contribution < 1.29 is 13.2 Å². The van der Waals surface area contributed by atoms with Crippen LogP contribution in [0.1, 0.15) is 22.4 Å². The maximum atomic E-state index is 12.8. The van der Waals surface area contributed by atoms with Gasteiger partial charge in [0.25, 0.3) is 5.56 Å². The molecule has 0 unspecified atom stereocenters. The number of nitrogens with zero attached hydrogens (tertiary/aromatic N) is 2. The molecule has 0 aliphatic carbocycles. The highest BCUT2D eigenvalue weighted by Gasteiger charge is 2.30. The second-order valence-electron chi connectivity index (χ2n) is 7.74. The molecule has 0 saturated carbocycles. The molecule has 8 heteroatoms. The van der Waals surface area contributed by atoms with E-state index in [-0.39, 0.29) is 5.56 Å². The van der Waals surface area contributed by atoms with Gasteiger partial charge in [-0.15, -0.1) is 0 Å². The van der Waals surface area contributed by atoms with Crippen molar-refractivity contribution in [2.75, 3.05) is 6.54 Å². The van der Waals surface area contributed by atoms with Gasteiger partial charge in [-0.2, -0.15) is 13.2 Å². The third-order valence-electron chi connectivity index (χ3n) is 5.70. The van der Waals surface area contributed by atoms with Gasteiger partial charge in [0.1, 0.15) is 5.82 Å². The molecular weight excluding hydrogens is 405 g/mol. The number of para-hydroxylation sites is 1. The van der Waals surface area contributed by atoms with Gasteiger partial charge >= 0.3 is 6.18 Å². The van der Waals surface area contributed by atoms with Crippen LogP contribution in [-0.2, 0) is 25.7 Å². The predicted molar refractivity (Wildman–Crippen MR) is 111 cm³/mol. The lowest BCUT2D eigenvalue weighted by atomic mass is 10.0. The van der Waals surface area contributed by atoms with E-state index < -0.39 is 11.7 Å². The van der Waals surface area contributed by atoms with E-state index in [4.69, 9.17) is 0 Å². The summed E-state index contributed by atoms with van der Waals surface area (Å²) < 4.78 is 38.4. The second kappa shape index (κ2) is 7.39. The zero-order chi connectivity index (χ0) is 21.6. The molecule has 2 aromatic carbocycles. The zero-order valence-electron chi connectivity index (χ0n) is 16.5. The average molecular weight is 424 g/mol. The Morgan fingerprint density at radius 1 is 1.06 bits per heavy atom. The number of nitrogens with one attached hydrogen (secondary N) is 2. The Labute approximate surface area is 175 Å². The Morgan fingerprint density at radius 2 is 1.84 bits per heavy atom. The third kappa shape index (κ3) is 3.74. The number of fused-ring (bicyclic) bond motifs is 2. The van der Waals surface area contributed by atoms with Gasteiger partial charge in [-0.1, -0.05) is 30.3 Å². The van der Waals surface area contributed by atoms with Crippen LogP contribution in [0.25, 0.3) is 22.3 Å². The summed E-state index contributed by atoms with van der Waals surface area (Å²) in [6.07, 6.45) is -1.80. The molecule has 31 heavy (non-hydrogen) atoms. The van der Waals surface area contributed by atoms with Crippen molar-refractivity contribution in [3.05, 3.63) is 87.5 Å². The van der Waals surface area contributed by atoms with Crippen molar-refractivity contribution in [2.45, 2.75) is 25.7 Å². The number of H-pyrrole nitrogens is 2. The summed E-state index contributed by atoms with van der Waals surface area (Å²) >= 11 is 0. The number of rotatable bonds is 3. The molecular formula is C23H19F3N4O. The summed E-state index contributed by atoms with van der Waals surface area (Å²) in [5, 5.41) is 1.16. The first-order valence-corrected chi connectivity index (χ1v) is 9.95. The van der Waals surface area contributed by atoms with Crippen LogP contribution in [0.15, 0.2) is 59.5 Å². The van der Waals surface area contributed by atoms with Crippen molar-refractivity contribution in [1.82, 2.24) is 19.9 Å². The highest BCUT2D eigenvalue weighted by Crippen LogP contribution is 2.30. The van der Waals surface area contributed by atoms with E-state index in [1.54, 1.807) is 0 Å². The number of hydrogen-bond acceptors (Lipinski definition) is 3. The number of hydrogen-bond donors (Lipinski definition) is 2. The molecule has 1 aliphatic rings. The largest absolute Gasteiger partial charge is 0.416 e. The van der Waals surface area contributed by atoms with E-state index in [1.807, 2.05) is 24.4 Å². The summed E-state index contributed by atoms with van der Waals surface area (Å²) in [4.78, 5) is 25.5. The number of benzene rings is 2. The second-order valence-corrected chi connectivity index (χ2v) is 7.74.